The average Bonchev–Trinajstić information content (AvgIpc) is 2.30. The molecule has 0 aliphatic carbocycles. The zero-order chi connectivity index (χ0) is 11.5. The fourth-order valence-corrected chi connectivity index (χ4v) is 1.87. The van der Waals surface area contributed by atoms with Gasteiger partial charge in [-0.15, -0.1) is 0 Å². The molecule has 16 heavy (non-hydrogen) atoms. The van der Waals surface area contributed by atoms with E-state index >= 15 is 0 Å². The predicted molar refractivity (Wildman–Crippen MR) is 67.6 cm³/mol. The van der Waals surface area contributed by atoms with Crippen LogP contribution in [0, 0.1) is 5.41 Å². The number of nitrogens with one attached hydrogen (secondary N) is 1. The maximum Gasteiger partial charge on any atom is 0.129 e. The Morgan fingerprint density at radius 1 is 1.12 bits per heavy atom. The van der Waals surface area contributed by atoms with Gasteiger partial charge in [-0.05, 0) is 12.1 Å². The summed E-state index contributed by atoms with van der Waals surface area (Å²) in [6.07, 6.45) is 2.87. The molecule has 0 spiro atoms. The van der Waals surface area contributed by atoms with Gasteiger partial charge in [0.15, 0.2) is 0 Å². The monoisotopic (exact) mass is 250 g/mol. The first kappa shape index (κ1) is 11.1. The van der Waals surface area contributed by atoms with Crippen LogP contribution in [0.3, 0.4) is 0 Å². The molecule has 4 heteroatoms. The number of aromatic nitrogens is 1. The van der Waals surface area contributed by atoms with Crippen molar-refractivity contribution in [1.29, 1.82) is 5.41 Å². The van der Waals surface area contributed by atoms with E-state index in [4.69, 9.17) is 28.6 Å². The van der Waals surface area contributed by atoms with Crippen molar-refractivity contribution in [3.8, 4) is 11.1 Å². The lowest BCUT2D eigenvalue weighted by molar-refractivity contribution is 1.32. The largest absolute Gasteiger partial charge is 0.308 e. The lowest BCUT2D eigenvalue weighted by Gasteiger charge is -2.07. The molecule has 0 aliphatic heterocycles. The highest BCUT2D eigenvalue weighted by Crippen LogP contribution is 2.29. The fourth-order valence-electron chi connectivity index (χ4n) is 1.47. The summed E-state index contributed by atoms with van der Waals surface area (Å²) in [5.74, 6) is 0. The summed E-state index contributed by atoms with van der Waals surface area (Å²) in [6.45, 7) is 0. The lowest BCUT2D eigenvalue weighted by Crippen LogP contribution is -1.90. The van der Waals surface area contributed by atoms with Crippen LogP contribution in [-0.2, 0) is 0 Å². The highest BCUT2D eigenvalue weighted by atomic mass is 35.5. The molecule has 2 aromatic rings. The van der Waals surface area contributed by atoms with Crippen molar-refractivity contribution in [2.24, 2.45) is 0 Å². The van der Waals surface area contributed by atoms with E-state index < -0.39 is 0 Å². The zero-order valence-electron chi connectivity index (χ0n) is 8.24. The van der Waals surface area contributed by atoms with Crippen LogP contribution in [-0.4, -0.2) is 11.2 Å². The Kier molecular flexibility index (Phi) is 3.22. The van der Waals surface area contributed by atoms with Crippen LogP contribution in [0.5, 0.6) is 0 Å². The normalized spacial score (nSPS) is 10.1. The van der Waals surface area contributed by atoms with Gasteiger partial charge in [-0.1, -0.05) is 41.4 Å². The van der Waals surface area contributed by atoms with Gasteiger partial charge >= 0.3 is 0 Å². The molecule has 0 saturated carbocycles. The molecule has 0 unspecified atom stereocenters. The van der Waals surface area contributed by atoms with E-state index in [0.29, 0.717) is 15.7 Å². The van der Waals surface area contributed by atoms with E-state index in [1.165, 1.54) is 6.21 Å². The van der Waals surface area contributed by atoms with Gasteiger partial charge in [-0.3, -0.25) is 0 Å². The number of rotatable bonds is 2. The third kappa shape index (κ3) is 2.08. The molecule has 0 aliphatic rings. The summed E-state index contributed by atoms with van der Waals surface area (Å²) >= 11 is 11.9. The standard InChI is InChI=1S/C12H8Cl2N2/c13-11-4-2-1-3-9(11)10-7-16-12(14)5-8(10)6-15/h1-7,15H. The molecule has 80 valence electrons. The smallest absolute Gasteiger partial charge is 0.129 e. The van der Waals surface area contributed by atoms with E-state index in [1.54, 1.807) is 18.3 Å². The van der Waals surface area contributed by atoms with Crippen molar-refractivity contribution < 1.29 is 0 Å². The molecular formula is C12H8Cl2N2. The van der Waals surface area contributed by atoms with E-state index in [9.17, 15) is 0 Å². The lowest BCUT2D eigenvalue weighted by atomic mass is 10.0. The molecule has 1 heterocycles. The van der Waals surface area contributed by atoms with Crippen molar-refractivity contribution in [2.75, 3.05) is 0 Å². The number of nitrogens with zero attached hydrogens (tertiary/aromatic N) is 1. The third-order valence-corrected chi connectivity index (χ3v) is 2.76. The van der Waals surface area contributed by atoms with Gasteiger partial charge in [-0.2, -0.15) is 0 Å². The summed E-state index contributed by atoms with van der Waals surface area (Å²) in [4.78, 5) is 4.01. The van der Waals surface area contributed by atoms with Crippen LogP contribution >= 0.6 is 23.2 Å². The van der Waals surface area contributed by atoms with Gasteiger partial charge < -0.3 is 5.41 Å². The second-order valence-corrected chi connectivity index (χ2v) is 4.01. The molecule has 0 bridgehead atoms. The molecule has 0 amide bonds. The zero-order valence-corrected chi connectivity index (χ0v) is 9.76. The molecule has 0 saturated heterocycles. The average molecular weight is 251 g/mol. The Bertz CT molecular complexity index is 538. The second-order valence-electron chi connectivity index (χ2n) is 3.22. The first-order valence-corrected chi connectivity index (χ1v) is 5.39. The number of hydrogen-bond acceptors (Lipinski definition) is 2. The second kappa shape index (κ2) is 4.64. The number of hydrogen-bond donors (Lipinski definition) is 1. The Labute approximate surface area is 103 Å². The summed E-state index contributed by atoms with van der Waals surface area (Å²) < 4.78 is 0. The Morgan fingerprint density at radius 2 is 1.88 bits per heavy atom. The van der Waals surface area contributed by atoms with E-state index in [0.717, 1.165) is 11.1 Å². The summed E-state index contributed by atoms with van der Waals surface area (Å²) in [7, 11) is 0. The van der Waals surface area contributed by atoms with Crippen LogP contribution in [0.1, 0.15) is 5.56 Å². The van der Waals surface area contributed by atoms with Crippen LogP contribution in [0.2, 0.25) is 10.2 Å². The van der Waals surface area contributed by atoms with Gasteiger partial charge in [0.05, 0.1) is 0 Å². The first-order valence-electron chi connectivity index (χ1n) is 4.63. The van der Waals surface area contributed by atoms with Crippen LogP contribution in [0.4, 0.5) is 0 Å². The number of benzene rings is 1. The van der Waals surface area contributed by atoms with Crippen LogP contribution in [0.15, 0.2) is 36.5 Å². The maximum absolute atomic E-state index is 7.35. The molecule has 0 atom stereocenters. The molecule has 1 aromatic heterocycles. The molecule has 1 aromatic carbocycles. The van der Waals surface area contributed by atoms with Crippen molar-refractivity contribution in [3.05, 3.63) is 52.3 Å². The SMILES string of the molecule is N=Cc1cc(Cl)ncc1-c1ccccc1Cl. The quantitative estimate of drug-likeness (QED) is 0.634. The molecule has 1 N–H and O–H groups in total. The van der Waals surface area contributed by atoms with Crippen LogP contribution < -0.4 is 0 Å². The Balaban J connectivity index is 2.65. The topological polar surface area (TPSA) is 36.7 Å². The molecule has 0 radical (unpaired) electrons. The minimum Gasteiger partial charge on any atom is -0.308 e. The third-order valence-electron chi connectivity index (χ3n) is 2.22. The highest BCUT2D eigenvalue weighted by Gasteiger charge is 2.07. The maximum atomic E-state index is 7.35. The highest BCUT2D eigenvalue weighted by molar-refractivity contribution is 6.33. The van der Waals surface area contributed by atoms with Gasteiger partial charge in [-0.25, -0.2) is 4.98 Å². The van der Waals surface area contributed by atoms with E-state index in [-0.39, 0.29) is 0 Å². The Morgan fingerprint density at radius 3 is 2.56 bits per heavy atom. The summed E-state index contributed by atoms with van der Waals surface area (Å²) in [5, 5.41) is 8.35. The Hall–Kier alpha value is -1.38. The molecule has 0 fully saturated rings. The van der Waals surface area contributed by atoms with E-state index in [1.807, 2.05) is 18.2 Å². The van der Waals surface area contributed by atoms with Crippen molar-refractivity contribution in [3.63, 3.8) is 0 Å². The first-order chi connectivity index (χ1) is 7.72. The van der Waals surface area contributed by atoms with Crippen molar-refractivity contribution in [2.45, 2.75) is 0 Å². The van der Waals surface area contributed by atoms with Crippen molar-refractivity contribution in [1.82, 2.24) is 4.98 Å². The molecule has 2 rings (SSSR count). The predicted octanol–water partition coefficient (Wildman–Crippen LogP) is 4.05. The fraction of sp³-hybridized carbons (Fsp3) is 0. The van der Waals surface area contributed by atoms with Gasteiger partial charge in [0, 0.05) is 34.1 Å². The molecular weight excluding hydrogens is 243 g/mol. The minimum atomic E-state index is 0.370. The molecule has 2 nitrogen and oxygen atoms in total. The van der Waals surface area contributed by atoms with Crippen LogP contribution in [0.25, 0.3) is 11.1 Å². The number of pyridine rings is 1. The number of halogens is 2. The van der Waals surface area contributed by atoms with Gasteiger partial charge in [0.1, 0.15) is 5.15 Å². The van der Waals surface area contributed by atoms with Crippen molar-refractivity contribution >= 4 is 29.4 Å². The van der Waals surface area contributed by atoms with E-state index in [2.05, 4.69) is 4.98 Å². The summed E-state index contributed by atoms with van der Waals surface area (Å²) in [6, 6.07) is 9.09. The van der Waals surface area contributed by atoms with Gasteiger partial charge in [0.25, 0.3) is 0 Å². The van der Waals surface area contributed by atoms with Gasteiger partial charge in [0.2, 0.25) is 0 Å². The summed E-state index contributed by atoms with van der Waals surface area (Å²) in [5.41, 5.74) is 2.37. The minimum absolute atomic E-state index is 0.370.